The van der Waals surface area contributed by atoms with E-state index in [9.17, 15) is 9.59 Å². The average molecular weight is 405 g/mol. The fourth-order valence-corrected chi connectivity index (χ4v) is 4.19. The van der Waals surface area contributed by atoms with Gasteiger partial charge in [0.2, 0.25) is 5.95 Å². The molecular formula is C22H23N5O3. The molecule has 0 amide bonds. The minimum Gasteiger partial charge on any atom is -0.378 e. The monoisotopic (exact) mass is 405 g/mol. The van der Waals surface area contributed by atoms with Gasteiger partial charge in [-0.15, -0.1) is 0 Å². The minimum atomic E-state index is -0.379. The lowest BCUT2D eigenvalue weighted by Crippen LogP contribution is -2.38. The highest BCUT2D eigenvalue weighted by molar-refractivity contribution is 5.86. The van der Waals surface area contributed by atoms with E-state index in [0.29, 0.717) is 50.0 Å². The molecule has 4 aromatic rings. The van der Waals surface area contributed by atoms with E-state index < -0.39 is 0 Å². The largest absolute Gasteiger partial charge is 0.378 e. The molecular weight excluding hydrogens is 382 g/mol. The Morgan fingerprint density at radius 2 is 1.70 bits per heavy atom. The summed E-state index contributed by atoms with van der Waals surface area (Å²) < 4.78 is 10.0. The van der Waals surface area contributed by atoms with Crippen LogP contribution in [-0.4, -0.2) is 45.0 Å². The van der Waals surface area contributed by atoms with E-state index in [4.69, 9.17) is 9.72 Å². The molecule has 1 fully saturated rings. The van der Waals surface area contributed by atoms with Crippen LogP contribution in [0.15, 0.2) is 52.1 Å². The molecule has 154 valence electrons. The molecule has 0 unspecified atom stereocenters. The second-order valence-corrected chi connectivity index (χ2v) is 7.61. The number of ether oxygens (including phenoxy) is 1. The number of anilines is 1. The van der Waals surface area contributed by atoms with Crippen LogP contribution < -0.4 is 16.1 Å². The van der Waals surface area contributed by atoms with Crippen molar-refractivity contribution in [1.82, 2.24) is 18.7 Å². The number of imidazole rings is 1. The molecule has 8 heteroatoms. The van der Waals surface area contributed by atoms with Crippen LogP contribution in [0.5, 0.6) is 0 Å². The van der Waals surface area contributed by atoms with Crippen molar-refractivity contribution < 1.29 is 4.74 Å². The number of morpholine rings is 1. The summed E-state index contributed by atoms with van der Waals surface area (Å²) in [6.45, 7) is 3.07. The Labute approximate surface area is 172 Å². The first-order chi connectivity index (χ1) is 14.6. The van der Waals surface area contributed by atoms with Gasteiger partial charge >= 0.3 is 5.69 Å². The van der Waals surface area contributed by atoms with Gasteiger partial charge in [0.15, 0.2) is 11.2 Å². The van der Waals surface area contributed by atoms with Crippen molar-refractivity contribution in [3.8, 4) is 0 Å². The smallest absolute Gasteiger partial charge is 0.332 e. The molecule has 2 aromatic carbocycles. The Bertz CT molecular complexity index is 1370. The van der Waals surface area contributed by atoms with Gasteiger partial charge in [0.1, 0.15) is 0 Å². The van der Waals surface area contributed by atoms with Crippen LogP contribution >= 0.6 is 0 Å². The first-order valence-corrected chi connectivity index (χ1v) is 10.0. The van der Waals surface area contributed by atoms with Crippen molar-refractivity contribution in [3.05, 3.63) is 68.9 Å². The Balaban J connectivity index is 1.78. The standard InChI is InChI=1S/C22H23N5O3/c1-24-19-18(20(28)25(2)22(24)29)27(21(23-19)26-10-12-30-13-11-26)14-16-8-5-7-15-6-3-4-9-17(15)16/h3-9H,10-14H2,1-2H3. The van der Waals surface area contributed by atoms with E-state index >= 15 is 0 Å². The van der Waals surface area contributed by atoms with E-state index in [2.05, 4.69) is 29.2 Å². The van der Waals surface area contributed by atoms with E-state index in [1.54, 1.807) is 7.05 Å². The molecule has 2 aromatic heterocycles. The number of aryl methyl sites for hydroxylation is 1. The van der Waals surface area contributed by atoms with Gasteiger partial charge in [-0.3, -0.25) is 18.5 Å². The van der Waals surface area contributed by atoms with Crippen molar-refractivity contribution in [2.45, 2.75) is 6.54 Å². The first kappa shape index (κ1) is 18.6. The summed E-state index contributed by atoms with van der Waals surface area (Å²) in [6.07, 6.45) is 0. The summed E-state index contributed by atoms with van der Waals surface area (Å²) in [5, 5.41) is 2.28. The molecule has 0 N–H and O–H groups in total. The predicted molar refractivity (Wildman–Crippen MR) is 116 cm³/mol. The number of hydrogen-bond acceptors (Lipinski definition) is 5. The number of fused-ring (bicyclic) bond motifs is 2. The SMILES string of the molecule is Cn1c(=O)c2c(nc(N3CCOCC3)n2Cc2cccc3ccccc23)n(C)c1=O. The topological polar surface area (TPSA) is 74.3 Å². The van der Waals surface area contributed by atoms with Crippen LogP contribution in [0, 0.1) is 0 Å². The number of nitrogens with zero attached hydrogens (tertiary/aromatic N) is 5. The Kier molecular flexibility index (Phi) is 4.43. The maximum Gasteiger partial charge on any atom is 0.332 e. The summed E-state index contributed by atoms with van der Waals surface area (Å²) in [5.74, 6) is 0.694. The molecule has 1 aliphatic rings. The van der Waals surface area contributed by atoms with Gasteiger partial charge in [0.05, 0.1) is 19.8 Å². The van der Waals surface area contributed by atoms with E-state index in [0.717, 1.165) is 20.9 Å². The van der Waals surface area contributed by atoms with Crippen LogP contribution in [0.3, 0.4) is 0 Å². The highest BCUT2D eigenvalue weighted by atomic mass is 16.5. The summed E-state index contributed by atoms with van der Waals surface area (Å²) >= 11 is 0. The molecule has 30 heavy (non-hydrogen) atoms. The number of hydrogen-bond donors (Lipinski definition) is 0. The molecule has 0 aliphatic carbocycles. The lowest BCUT2D eigenvalue weighted by molar-refractivity contribution is 0.121. The molecule has 0 radical (unpaired) electrons. The van der Waals surface area contributed by atoms with E-state index in [1.807, 2.05) is 22.8 Å². The number of rotatable bonds is 3. The van der Waals surface area contributed by atoms with E-state index in [-0.39, 0.29) is 11.2 Å². The minimum absolute atomic E-state index is 0.333. The molecule has 0 atom stereocenters. The molecule has 3 heterocycles. The van der Waals surface area contributed by atoms with Crippen molar-refractivity contribution in [2.75, 3.05) is 31.2 Å². The molecule has 1 aliphatic heterocycles. The highest BCUT2D eigenvalue weighted by Crippen LogP contribution is 2.25. The summed E-state index contributed by atoms with van der Waals surface area (Å²) in [7, 11) is 3.16. The lowest BCUT2D eigenvalue weighted by Gasteiger charge is -2.28. The highest BCUT2D eigenvalue weighted by Gasteiger charge is 2.24. The predicted octanol–water partition coefficient (Wildman–Crippen LogP) is 1.47. The summed E-state index contributed by atoms with van der Waals surface area (Å²) in [6, 6.07) is 14.4. The second-order valence-electron chi connectivity index (χ2n) is 7.61. The molecule has 0 saturated carbocycles. The molecule has 0 bridgehead atoms. The van der Waals surface area contributed by atoms with Crippen molar-refractivity contribution >= 4 is 27.9 Å². The van der Waals surface area contributed by atoms with Crippen LogP contribution in [0.25, 0.3) is 21.9 Å². The van der Waals surface area contributed by atoms with Gasteiger partial charge in [-0.2, -0.15) is 4.98 Å². The van der Waals surface area contributed by atoms with Gasteiger partial charge in [-0.25, -0.2) is 4.79 Å². The molecule has 8 nitrogen and oxygen atoms in total. The van der Waals surface area contributed by atoms with Crippen LogP contribution in [0.2, 0.25) is 0 Å². The fraction of sp³-hybridized carbons (Fsp3) is 0.318. The van der Waals surface area contributed by atoms with Crippen LogP contribution in [0.4, 0.5) is 5.95 Å². The van der Waals surface area contributed by atoms with Gasteiger partial charge in [0.25, 0.3) is 5.56 Å². The Hall–Kier alpha value is -3.39. The maximum atomic E-state index is 13.1. The van der Waals surface area contributed by atoms with Gasteiger partial charge in [0, 0.05) is 27.2 Å². The molecule has 1 saturated heterocycles. The third-order valence-electron chi connectivity index (χ3n) is 5.83. The summed E-state index contributed by atoms with van der Waals surface area (Å²) in [5.41, 5.74) is 1.23. The van der Waals surface area contributed by atoms with Gasteiger partial charge in [-0.05, 0) is 16.3 Å². The Morgan fingerprint density at radius 3 is 2.50 bits per heavy atom. The number of aromatic nitrogens is 4. The third kappa shape index (κ3) is 2.83. The summed E-state index contributed by atoms with van der Waals surface area (Å²) in [4.78, 5) is 32.5. The Morgan fingerprint density at radius 1 is 0.967 bits per heavy atom. The van der Waals surface area contributed by atoms with E-state index in [1.165, 1.54) is 11.6 Å². The van der Waals surface area contributed by atoms with Gasteiger partial charge < -0.3 is 9.64 Å². The first-order valence-electron chi connectivity index (χ1n) is 10.0. The van der Waals surface area contributed by atoms with Crippen LogP contribution in [-0.2, 0) is 25.4 Å². The second kappa shape index (κ2) is 7.14. The lowest BCUT2D eigenvalue weighted by atomic mass is 10.0. The maximum absolute atomic E-state index is 13.1. The van der Waals surface area contributed by atoms with Crippen molar-refractivity contribution in [1.29, 1.82) is 0 Å². The quantitative estimate of drug-likeness (QED) is 0.516. The van der Waals surface area contributed by atoms with Crippen molar-refractivity contribution in [3.63, 3.8) is 0 Å². The zero-order valence-corrected chi connectivity index (χ0v) is 17.0. The third-order valence-corrected chi connectivity index (χ3v) is 5.83. The van der Waals surface area contributed by atoms with Crippen molar-refractivity contribution in [2.24, 2.45) is 14.1 Å². The average Bonchev–Trinajstić information content (AvgIpc) is 3.16. The number of benzene rings is 2. The molecule has 0 spiro atoms. The molecule has 5 rings (SSSR count). The fourth-order valence-electron chi connectivity index (χ4n) is 4.19. The van der Waals surface area contributed by atoms with Crippen LogP contribution in [0.1, 0.15) is 5.56 Å². The van der Waals surface area contributed by atoms with Gasteiger partial charge in [-0.1, -0.05) is 42.5 Å². The zero-order chi connectivity index (χ0) is 20.8. The normalized spacial score (nSPS) is 14.7. The zero-order valence-electron chi connectivity index (χ0n) is 17.0.